The Morgan fingerprint density at radius 3 is 1.69 bits per heavy atom. The molecule has 6 nitrogen and oxygen atoms in total. The van der Waals surface area contributed by atoms with E-state index in [9.17, 15) is 19.5 Å². The fraction of sp³-hybridized carbons (Fsp3) is 0.182. The number of aliphatic carboxylic acids is 1. The molecule has 0 radical (unpaired) electrons. The lowest BCUT2D eigenvalue weighted by molar-refractivity contribution is -0.137. The molecule has 3 N–H and O–H groups in total. The van der Waals surface area contributed by atoms with Crippen molar-refractivity contribution < 1.29 is 19.5 Å². The zero-order valence-electron chi connectivity index (χ0n) is 21.6. The lowest BCUT2D eigenvalue weighted by Gasteiger charge is -2.21. The zero-order chi connectivity index (χ0) is 27.5. The van der Waals surface area contributed by atoms with Crippen LogP contribution in [0.1, 0.15) is 46.7 Å². The Morgan fingerprint density at radius 2 is 1.15 bits per heavy atom. The van der Waals surface area contributed by atoms with Crippen LogP contribution in [-0.2, 0) is 9.59 Å². The Balaban J connectivity index is 1.40. The van der Waals surface area contributed by atoms with E-state index in [1.165, 1.54) is 0 Å². The highest BCUT2D eigenvalue weighted by Crippen LogP contribution is 2.27. The maximum absolute atomic E-state index is 13.1. The fourth-order valence-corrected chi connectivity index (χ4v) is 4.58. The third kappa shape index (κ3) is 7.89. The van der Waals surface area contributed by atoms with Crippen molar-refractivity contribution in [3.63, 3.8) is 0 Å². The van der Waals surface area contributed by atoms with Crippen LogP contribution in [-0.4, -0.2) is 35.5 Å². The first-order chi connectivity index (χ1) is 19.0. The Bertz CT molecular complexity index is 1320. The van der Waals surface area contributed by atoms with Gasteiger partial charge in [0, 0.05) is 24.4 Å². The summed E-state index contributed by atoms with van der Waals surface area (Å²) < 4.78 is 0. The molecule has 1 atom stereocenters. The van der Waals surface area contributed by atoms with Gasteiger partial charge in [-0.2, -0.15) is 0 Å². The van der Waals surface area contributed by atoms with Gasteiger partial charge in [-0.05, 0) is 47.2 Å². The van der Waals surface area contributed by atoms with Crippen LogP contribution in [0.25, 0.3) is 11.1 Å². The Hall–Kier alpha value is -4.71. The molecule has 0 saturated carbocycles. The maximum atomic E-state index is 13.1. The molecule has 6 heteroatoms. The average molecular weight is 521 g/mol. The van der Waals surface area contributed by atoms with Gasteiger partial charge in [-0.25, -0.2) is 0 Å². The molecular weight excluding hydrogens is 488 g/mol. The molecule has 0 heterocycles. The minimum atomic E-state index is -1.03. The van der Waals surface area contributed by atoms with Crippen molar-refractivity contribution in [3.05, 3.63) is 132 Å². The van der Waals surface area contributed by atoms with Crippen LogP contribution in [0.3, 0.4) is 0 Å². The van der Waals surface area contributed by atoms with E-state index in [1.54, 1.807) is 12.1 Å². The van der Waals surface area contributed by atoms with E-state index in [-0.39, 0.29) is 18.8 Å². The molecule has 198 valence electrons. The first-order valence-corrected chi connectivity index (χ1v) is 13.1. The van der Waals surface area contributed by atoms with Gasteiger partial charge in [-0.3, -0.25) is 14.4 Å². The number of carbonyl (C=O) groups excluding carboxylic acids is 2. The monoisotopic (exact) mass is 520 g/mol. The van der Waals surface area contributed by atoms with E-state index in [1.807, 2.05) is 78.9 Å². The normalized spacial score (nSPS) is 11.5. The second kappa shape index (κ2) is 13.7. The predicted octanol–water partition coefficient (Wildman–Crippen LogP) is 5.66. The van der Waals surface area contributed by atoms with Gasteiger partial charge in [0.1, 0.15) is 6.04 Å². The molecule has 0 saturated heterocycles. The summed E-state index contributed by atoms with van der Waals surface area (Å²) >= 11 is 0. The third-order valence-corrected chi connectivity index (χ3v) is 6.66. The second-order valence-corrected chi connectivity index (χ2v) is 9.36. The molecule has 0 aliphatic carbocycles. The number of nitrogens with one attached hydrogen (secondary N) is 2. The Morgan fingerprint density at radius 1 is 0.641 bits per heavy atom. The standard InChI is InChI=1S/C33H32N2O4/c36-31(37)21-20-30(35-32(38)28-18-16-25(17-19-28)24-10-4-1-5-11-24)33(39)34-23-22-29(26-12-6-2-7-13-26)27-14-8-3-9-15-27/h1-19,29-30H,20-23H2,(H,34,39)(H,35,38)(H,36,37)/t30-/m0/s1. The second-order valence-electron chi connectivity index (χ2n) is 9.36. The number of hydrogen-bond donors (Lipinski definition) is 3. The van der Waals surface area contributed by atoms with Gasteiger partial charge in [-0.1, -0.05) is 103 Å². The number of hydrogen-bond acceptors (Lipinski definition) is 3. The molecule has 0 unspecified atom stereocenters. The maximum Gasteiger partial charge on any atom is 0.303 e. The Kier molecular flexibility index (Phi) is 9.62. The minimum Gasteiger partial charge on any atom is -0.481 e. The zero-order valence-corrected chi connectivity index (χ0v) is 21.6. The highest BCUT2D eigenvalue weighted by atomic mass is 16.4. The topological polar surface area (TPSA) is 95.5 Å². The van der Waals surface area contributed by atoms with Crippen LogP contribution < -0.4 is 10.6 Å². The molecule has 0 aliphatic heterocycles. The summed E-state index contributed by atoms with van der Waals surface area (Å²) in [6.07, 6.45) is 0.415. The Labute approximate surface area is 228 Å². The highest BCUT2D eigenvalue weighted by Gasteiger charge is 2.23. The number of amides is 2. The first-order valence-electron chi connectivity index (χ1n) is 13.1. The van der Waals surface area contributed by atoms with Gasteiger partial charge >= 0.3 is 5.97 Å². The van der Waals surface area contributed by atoms with Gasteiger partial charge in [0.15, 0.2) is 0 Å². The lowest BCUT2D eigenvalue weighted by Crippen LogP contribution is -2.47. The van der Waals surface area contributed by atoms with Crippen molar-refractivity contribution in [1.82, 2.24) is 10.6 Å². The fourth-order valence-electron chi connectivity index (χ4n) is 4.58. The van der Waals surface area contributed by atoms with Gasteiger partial charge < -0.3 is 15.7 Å². The summed E-state index contributed by atoms with van der Waals surface area (Å²) in [5.41, 5.74) is 4.70. The summed E-state index contributed by atoms with van der Waals surface area (Å²) in [6, 6.07) is 36.1. The molecule has 0 bridgehead atoms. The van der Waals surface area contributed by atoms with E-state index in [0.717, 1.165) is 22.3 Å². The highest BCUT2D eigenvalue weighted by molar-refractivity contribution is 5.98. The molecule has 4 aromatic rings. The number of rotatable bonds is 12. The van der Waals surface area contributed by atoms with Gasteiger partial charge in [-0.15, -0.1) is 0 Å². The summed E-state index contributed by atoms with van der Waals surface area (Å²) in [7, 11) is 0. The molecule has 2 amide bonds. The van der Waals surface area contributed by atoms with Crippen molar-refractivity contribution >= 4 is 17.8 Å². The van der Waals surface area contributed by atoms with Crippen molar-refractivity contribution in [2.24, 2.45) is 0 Å². The van der Waals surface area contributed by atoms with Crippen LogP contribution >= 0.6 is 0 Å². The smallest absolute Gasteiger partial charge is 0.303 e. The van der Waals surface area contributed by atoms with E-state index in [4.69, 9.17) is 0 Å². The number of carboxylic acids is 1. The van der Waals surface area contributed by atoms with Gasteiger partial charge in [0.2, 0.25) is 5.91 Å². The van der Waals surface area contributed by atoms with Crippen molar-refractivity contribution in [2.75, 3.05) is 6.54 Å². The SMILES string of the molecule is O=C(O)CC[C@H](NC(=O)c1ccc(-c2ccccc2)cc1)C(=O)NCCC(c1ccccc1)c1ccccc1. The summed E-state index contributed by atoms with van der Waals surface area (Å²) in [6.45, 7) is 0.374. The molecule has 4 rings (SSSR count). The van der Waals surface area contributed by atoms with Crippen molar-refractivity contribution in [2.45, 2.75) is 31.2 Å². The van der Waals surface area contributed by atoms with E-state index in [0.29, 0.717) is 18.5 Å². The number of carbonyl (C=O) groups is 3. The van der Waals surface area contributed by atoms with Crippen molar-refractivity contribution in [1.29, 1.82) is 0 Å². The largest absolute Gasteiger partial charge is 0.481 e. The van der Waals surface area contributed by atoms with E-state index < -0.39 is 23.8 Å². The van der Waals surface area contributed by atoms with Crippen LogP contribution in [0.4, 0.5) is 0 Å². The third-order valence-electron chi connectivity index (χ3n) is 6.66. The average Bonchev–Trinajstić information content (AvgIpc) is 2.98. The number of carboxylic acid groups (broad SMARTS) is 1. The molecule has 0 aromatic heterocycles. The van der Waals surface area contributed by atoms with E-state index >= 15 is 0 Å². The number of benzene rings is 4. The molecule has 0 aliphatic rings. The van der Waals surface area contributed by atoms with Gasteiger partial charge in [0.05, 0.1) is 0 Å². The molecule has 39 heavy (non-hydrogen) atoms. The predicted molar refractivity (Wildman–Crippen MR) is 152 cm³/mol. The van der Waals surface area contributed by atoms with E-state index in [2.05, 4.69) is 34.9 Å². The molecular formula is C33H32N2O4. The van der Waals surface area contributed by atoms with Crippen LogP contribution in [0.2, 0.25) is 0 Å². The molecule has 4 aromatic carbocycles. The quantitative estimate of drug-likeness (QED) is 0.225. The lowest BCUT2D eigenvalue weighted by atomic mass is 9.88. The van der Waals surface area contributed by atoms with Crippen molar-refractivity contribution in [3.8, 4) is 11.1 Å². The van der Waals surface area contributed by atoms with Crippen LogP contribution in [0.15, 0.2) is 115 Å². The minimum absolute atomic E-state index is 0.00416. The molecule has 0 fully saturated rings. The first kappa shape index (κ1) is 27.3. The van der Waals surface area contributed by atoms with Crippen LogP contribution in [0, 0.1) is 0 Å². The molecule has 0 spiro atoms. The van der Waals surface area contributed by atoms with Gasteiger partial charge in [0.25, 0.3) is 5.91 Å². The van der Waals surface area contributed by atoms with Crippen LogP contribution in [0.5, 0.6) is 0 Å². The summed E-state index contributed by atoms with van der Waals surface area (Å²) in [4.78, 5) is 37.3. The summed E-state index contributed by atoms with van der Waals surface area (Å²) in [5, 5.41) is 14.8. The summed E-state index contributed by atoms with van der Waals surface area (Å²) in [5.74, 6) is -1.76.